The number of amides is 1. The number of aryl methyl sites for hydroxylation is 1. The second-order valence-electron chi connectivity index (χ2n) is 8.71. The molecule has 3 aromatic rings. The fraction of sp³-hybridized carbons (Fsp3) is 0.240. The second-order valence-corrected chi connectivity index (χ2v) is 12.3. The lowest BCUT2D eigenvalue weighted by Crippen LogP contribution is -2.31. The lowest BCUT2D eigenvalue weighted by Gasteiger charge is -2.18. The molecule has 1 amide bonds. The van der Waals surface area contributed by atoms with E-state index in [2.05, 4.69) is 22.9 Å². The molecule has 0 aliphatic rings. The van der Waals surface area contributed by atoms with E-state index in [-0.39, 0.29) is 14.7 Å². The molecule has 7 nitrogen and oxygen atoms in total. The Hall–Kier alpha value is -2.95. The topological polar surface area (TPSA) is 102 Å². The molecule has 10 heteroatoms. The largest absolute Gasteiger partial charge is 0.444 e. The molecule has 0 atom stereocenters. The number of benzene rings is 2. The summed E-state index contributed by atoms with van der Waals surface area (Å²) < 4.78 is 32.3. The number of rotatable bonds is 6. The molecule has 0 radical (unpaired) electrons. The van der Waals surface area contributed by atoms with Crippen molar-refractivity contribution in [3.8, 4) is 11.1 Å². The molecule has 1 heterocycles. The van der Waals surface area contributed by atoms with Crippen LogP contribution in [0.15, 0.2) is 62.1 Å². The molecule has 0 saturated carbocycles. The minimum atomic E-state index is -3.93. The Morgan fingerprint density at radius 3 is 2.49 bits per heavy atom. The monoisotopic (exact) mass is 530 g/mol. The van der Waals surface area contributed by atoms with Gasteiger partial charge in [-0.25, -0.2) is 18.2 Å². The number of alkyl carbamates (subject to hydrolysis) is 1. The van der Waals surface area contributed by atoms with Crippen molar-refractivity contribution in [3.63, 3.8) is 0 Å². The molecule has 0 aliphatic carbocycles. The van der Waals surface area contributed by atoms with Crippen LogP contribution in [0.25, 0.3) is 11.1 Å². The van der Waals surface area contributed by atoms with Crippen LogP contribution < -0.4 is 5.32 Å². The molecule has 3 rings (SSSR count). The van der Waals surface area contributed by atoms with Gasteiger partial charge in [-0.2, -0.15) is 0 Å². The summed E-state index contributed by atoms with van der Waals surface area (Å²) in [6, 6.07) is 11.9. The van der Waals surface area contributed by atoms with Crippen molar-refractivity contribution < 1.29 is 22.7 Å². The van der Waals surface area contributed by atoms with E-state index in [0.29, 0.717) is 21.0 Å². The van der Waals surface area contributed by atoms with Crippen molar-refractivity contribution in [1.29, 1.82) is 0 Å². The van der Waals surface area contributed by atoms with Gasteiger partial charge in [0.05, 0.1) is 16.1 Å². The Morgan fingerprint density at radius 2 is 1.83 bits per heavy atom. The van der Waals surface area contributed by atoms with Crippen molar-refractivity contribution >= 4 is 57.5 Å². The fourth-order valence-electron chi connectivity index (χ4n) is 3.40. The summed E-state index contributed by atoms with van der Waals surface area (Å²) in [5, 5.41) is 2.74. The van der Waals surface area contributed by atoms with E-state index in [1.54, 1.807) is 58.0 Å². The standard InChI is InChI=1S/C25H26N2O5S3/c1-15-18(13-28)9-7-11-20(15)17-8-6-10-19(12-17)35(30,31)22-16(2)34-23(21(22)33)26-14-27-24(29)32-25(3,4)5/h6-14,33H,1-5H3,(H,26,27,29). The first-order valence-electron chi connectivity index (χ1n) is 10.6. The van der Waals surface area contributed by atoms with Crippen molar-refractivity contribution in [2.24, 2.45) is 4.99 Å². The highest BCUT2D eigenvalue weighted by molar-refractivity contribution is 7.92. The first-order valence-corrected chi connectivity index (χ1v) is 13.3. The number of nitrogens with one attached hydrogen (secondary N) is 1. The molecule has 184 valence electrons. The van der Waals surface area contributed by atoms with Gasteiger partial charge in [0, 0.05) is 10.4 Å². The number of aliphatic imine (C=N–C) groups is 1. The van der Waals surface area contributed by atoms with E-state index in [1.807, 2.05) is 13.0 Å². The Bertz CT molecular complexity index is 1420. The molecule has 0 saturated heterocycles. The number of thiophene rings is 1. The van der Waals surface area contributed by atoms with Crippen LogP contribution in [0.3, 0.4) is 0 Å². The lowest BCUT2D eigenvalue weighted by molar-refractivity contribution is 0.0565. The van der Waals surface area contributed by atoms with E-state index < -0.39 is 21.5 Å². The predicted octanol–water partition coefficient (Wildman–Crippen LogP) is 6.15. The number of carbonyl (C=O) groups is 2. The van der Waals surface area contributed by atoms with Gasteiger partial charge in [0.1, 0.15) is 21.8 Å². The van der Waals surface area contributed by atoms with E-state index in [9.17, 15) is 18.0 Å². The second kappa shape index (κ2) is 10.3. The zero-order chi connectivity index (χ0) is 26.0. The van der Waals surface area contributed by atoms with Crippen molar-refractivity contribution in [1.82, 2.24) is 5.32 Å². The Morgan fingerprint density at radius 1 is 1.14 bits per heavy atom. The van der Waals surface area contributed by atoms with Gasteiger partial charge in [-0.3, -0.25) is 10.1 Å². The molecule has 0 spiro atoms. The predicted molar refractivity (Wildman–Crippen MR) is 141 cm³/mol. The number of carbonyl (C=O) groups excluding carboxylic acids is 2. The summed E-state index contributed by atoms with van der Waals surface area (Å²) >= 11 is 5.59. The van der Waals surface area contributed by atoms with Crippen LogP contribution in [-0.2, 0) is 14.6 Å². The maximum absolute atomic E-state index is 13.6. The minimum Gasteiger partial charge on any atom is -0.444 e. The molecule has 0 bridgehead atoms. The smallest absolute Gasteiger partial charge is 0.412 e. The molecule has 2 aromatic carbocycles. The van der Waals surface area contributed by atoms with Gasteiger partial charge >= 0.3 is 6.09 Å². The van der Waals surface area contributed by atoms with Gasteiger partial charge in [-0.15, -0.1) is 24.0 Å². The number of ether oxygens (including phenoxy) is 1. The van der Waals surface area contributed by atoms with Gasteiger partial charge in [-0.1, -0.05) is 30.3 Å². The van der Waals surface area contributed by atoms with Crippen LogP contribution >= 0.6 is 24.0 Å². The molecule has 1 aromatic heterocycles. The highest BCUT2D eigenvalue weighted by atomic mass is 32.2. The first kappa shape index (κ1) is 26.7. The van der Waals surface area contributed by atoms with Crippen molar-refractivity contribution in [3.05, 3.63) is 58.5 Å². The summed E-state index contributed by atoms with van der Waals surface area (Å²) in [6.45, 7) is 8.73. The van der Waals surface area contributed by atoms with Crippen LogP contribution in [0.4, 0.5) is 9.80 Å². The first-order chi connectivity index (χ1) is 16.3. The molecule has 1 N–H and O–H groups in total. The number of thiol groups is 1. The third-order valence-electron chi connectivity index (χ3n) is 4.98. The number of nitrogens with zero attached hydrogens (tertiary/aromatic N) is 1. The summed E-state index contributed by atoms with van der Waals surface area (Å²) in [6.07, 6.45) is 1.26. The SMILES string of the molecule is Cc1sc(N=CNC(=O)OC(C)(C)C)c(S)c1S(=O)(=O)c1cccc(-c2cccc(C=O)c2C)c1. The maximum Gasteiger partial charge on any atom is 0.412 e. The van der Waals surface area contributed by atoms with Gasteiger partial charge in [-0.05, 0) is 63.4 Å². The van der Waals surface area contributed by atoms with Gasteiger partial charge in [0.15, 0.2) is 0 Å². The summed E-state index contributed by atoms with van der Waals surface area (Å²) in [7, 11) is -3.93. The summed E-state index contributed by atoms with van der Waals surface area (Å²) in [4.78, 5) is 28.2. The number of sulfone groups is 1. The van der Waals surface area contributed by atoms with Gasteiger partial charge in [0.2, 0.25) is 9.84 Å². The van der Waals surface area contributed by atoms with Crippen molar-refractivity contribution in [2.45, 2.75) is 54.9 Å². The summed E-state index contributed by atoms with van der Waals surface area (Å²) in [5.74, 6) is 0. The maximum atomic E-state index is 13.6. The average Bonchev–Trinajstić information content (AvgIpc) is 3.06. The molecular formula is C25H26N2O5S3. The van der Waals surface area contributed by atoms with Crippen molar-refractivity contribution in [2.75, 3.05) is 0 Å². The van der Waals surface area contributed by atoms with E-state index in [4.69, 9.17) is 4.74 Å². The average molecular weight is 531 g/mol. The molecular weight excluding hydrogens is 504 g/mol. The third-order valence-corrected chi connectivity index (χ3v) is 8.78. The van der Waals surface area contributed by atoms with E-state index in [0.717, 1.165) is 35.1 Å². The fourth-order valence-corrected chi connectivity index (χ4v) is 7.01. The molecule has 0 fully saturated rings. The Kier molecular flexibility index (Phi) is 7.88. The van der Waals surface area contributed by atoms with Crippen LogP contribution in [0, 0.1) is 13.8 Å². The third kappa shape index (κ3) is 6.01. The number of hydrogen-bond acceptors (Lipinski definition) is 8. The number of hydrogen-bond donors (Lipinski definition) is 2. The zero-order valence-electron chi connectivity index (χ0n) is 19.9. The lowest BCUT2D eigenvalue weighted by atomic mass is 9.97. The number of aldehydes is 1. The van der Waals surface area contributed by atoms with Gasteiger partial charge < -0.3 is 4.74 Å². The minimum absolute atomic E-state index is 0.0609. The van der Waals surface area contributed by atoms with Crippen LogP contribution in [0.5, 0.6) is 0 Å². The highest BCUT2D eigenvalue weighted by Crippen LogP contribution is 2.43. The Labute approximate surface area is 214 Å². The van der Waals surface area contributed by atoms with Crippen LogP contribution in [-0.4, -0.2) is 32.7 Å². The van der Waals surface area contributed by atoms with E-state index >= 15 is 0 Å². The normalized spacial score (nSPS) is 12.1. The molecule has 0 unspecified atom stereocenters. The highest BCUT2D eigenvalue weighted by Gasteiger charge is 2.27. The summed E-state index contributed by atoms with van der Waals surface area (Å²) in [5.41, 5.74) is 2.12. The van der Waals surface area contributed by atoms with Gasteiger partial charge in [0.25, 0.3) is 0 Å². The molecule has 35 heavy (non-hydrogen) atoms. The molecule has 0 aliphatic heterocycles. The Balaban J connectivity index is 1.95. The van der Waals surface area contributed by atoms with Crippen LogP contribution in [0.1, 0.15) is 41.6 Å². The van der Waals surface area contributed by atoms with E-state index in [1.165, 1.54) is 6.07 Å². The quantitative estimate of drug-likeness (QED) is 0.172. The zero-order valence-corrected chi connectivity index (χ0v) is 22.5. The van der Waals surface area contributed by atoms with Crippen LogP contribution in [0.2, 0.25) is 0 Å².